The molecule has 2 heterocycles. The molecule has 21 heavy (non-hydrogen) atoms. The second kappa shape index (κ2) is 6.05. The van der Waals surface area contributed by atoms with Gasteiger partial charge in [0, 0.05) is 20.1 Å². The first-order chi connectivity index (χ1) is 9.82. The number of nitrogens with zero attached hydrogens (tertiary/aromatic N) is 3. The normalized spacial score (nSPS) is 19.1. The van der Waals surface area contributed by atoms with E-state index < -0.39 is 11.9 Å². The number of halogens is 1. The summed E-state index contributed by atoms with van der Waals surface area (Å²) in [4.78, 5) is 25.4. The maximum Gasteiger partial charge on any atom is 0.308 e. The number of carboxylic acids is 1. The first kappa shape index (κ1) is 15.8. The summed E-state index contributed by atoms with van der Waals surface area (Å²) in [6, 6.07) is 0. The predicted molar refractivity (Wildman–Crippen MR) is 78.6 cm³/mol. The Morgan fingerprint density at radius 3 is 2.67 bits per heavy atom. The zero-order valence-corrected chi connectivity index (χ0v) is 13.2. The van der Waals surface area contributed by atoms with Gasteiger partial charge in [0.15, 0.2) is 0 Å². The van der Waals surface area contributed by atoms with Crippen molar-refractivity contribution in [2.24, 2.45) is 13.0 Å². The van der Waals surface area contributed by atoms with Gasteiger partial charge < -0.3 is 10.0 Å². The minimum Gasteiger partial charge on any atom is -0.481 e. The number of hydrogen-bond acceptors (Lipinski definition) is 3. The fraction of sp³-hybridized carbons (Fsp3) is 0.643. The number of carbonyl (C=O) groups excluding carboxylic acids is 1. The molecule has 0 aliphatic carbocycles. The van der Waals surface area contributed by atoms with Gasteiger partial charge in [0.25, 0.3) is 5.91 Å². The molecule has 2 rings (SSSR count). The van der Waals surface area contributed by atoms with Crippen LogP contribution in [0.3, 0.4) is 0 Å². The predicted octanol–water partition coefficient (Wildman–Crippen LogP) is 2.13. The minimum absolute atomic E-state index is 0.0720. The van der Waals surface area contributed by atoms with Crippen LogP contribution in [0.15, 0.2) is 0 Å². The SMILES string of the molecule is CC(C)c1nn(C)c(Cl)c1C(=O)N1CCC[C@@H](C(=O)O)C1. The molecule has 1 N–H and O–H groups in total. The molecule has 0 aromatic carbocycles. The topological polar surface area (TPSA) is 75.4 Å². The summed E-state index contributed by atoms with van der Waals surface area (Å²) in [5.41, 5.74) is 1.06. The molecule has 1 aliphatic heterocycles. The second-order valence-electron chi connectivity index (χ2n) is 5.76. The van der Waals surface area contributed by atoms with Gasteiger partial charge in [0.2, 0.25) is 0 Å². The third kappa shape index (κ3) is 3.05. The number of hydrogen-bond donors (Lipinski definition) is 1. The lowest BCUT2D eigenvalue weighted by Crippen LogP contribution is -2.42. The summed E-state index contributed by atoms with van der Waals surface area (Å²) in [6.45, 7) is 4.69. The molecule has 116 valence electrons. The monoisotopic (exact) mass is 313 g/mol. The zero-order chi connectivity index (χ0) is 15.7. The summed E-state index contributed by atoms with van der Waals surface area (Å²) in [7, 11) is 1.70. The smallest absolute Gasteiger partial charge is 0.308 e. The zero-order valence-electron chi connectivity index (χ0n) is 12.5. The highest BCUT2D eigenvalue weighted by atomic mass is 35.5. The molecule has 1 saturated heterocycles. The third-order valence-corrected chi connectivity index (χ3v) is 4.26. The Morgan fingerprint density at radius 2 is 2.10 bits per heavy atom. The van der Waals surface area contributed by atoms with Gasteiger partial charge in [-0.25, -0.2) is 0 Å². The van der Waals surface area contributed by atoms with Gasteiger partial charge in [0.05, 0.1) is 17.2 Å². The molecule has 6 nitrogen and oxygen atoms in total. The molecule has 1 amide bonds. The lowest BCUT2D eigenvalue weighted by molar-refractivity contribution is -0.143. The number of aliphatic carboxylic acids is 1. The summed E-state index contributed by atoms with van der Waals surface area (Å²) in [5, 5.41) is 13.7. The number of piperidine rings is 1. The van der Waals surface area contributed by atoms with E-state index in [1.54, 1.807) is 11.9 Å². The standard InChI is InChI=1S/C14H20ClN3O3/c1-8(2)11-10(12(15)17(3)16-11)13(19)18-6-4-5-9(7-18)14(20)21/h8-9H,4-7H2,1-3H3,(H,20,21)/t9-/m1/s1. The van der Waals surface area contributed by atoms with Gasteiger partial charge in [-0.2, -0.15) is 5.10 Å². The lowest BCUT2D eigenvalue weighted by atomic mass is 9.97. The van der Waals surface area contributed by atoms with Crippen LogP contribution in [0.2, 0.25) is 5.15 Å². The second-order valence-corrected chi connectivity index (χ2v) is 6.12. The molecular formula is C14H20ClN3O3. The van der Waals surface area contributed by atoms with Crippen molar-refractivity contribution in [1.29, 1.82) is 0 Å². The van der Waals surface area contributed by atoms with Crippen LogP contribution in [0.5, 0.6) is 0 Å². The lowest BCUT2D eigenvalue weighted by Gasteiger charge is -2.30. The van der Waals surface area contributed by atoms with Crippen molar-refractivity contribution in [1.82, 2.24) is 14.7 Å². The van der Waals surface area contributed by atoms with E-state index >= 15 is 0 Å². The Hall–Kier alpha value is -1.56. The molecule has 0 radical (unpaired) electrons. The molecule has 0 spiro atoms. The molecule has 7 heteroatoms. The van der Waals surface area contributed by atoms with Crippen LogP contribution in [0.25, 0.3) is 0 Å². The highest BCUT2D eigenvalue weighted by molar-refractivity contribution is 6.33. The fourth-order valence-corrected chi connectivity index (χ4v) is 2.86. The summed E-state index contributed by atoms with van der Waals surface area (Å²) in [5.74, 6) is -1.50. The Kier molecular flexibility index (Phi) is 4.56. The molecule has 1 aliphatic rings. The van der Waals surface area contributed by atoms with Crippen molar-refractivity contribution in [3.8, 4) is 0 Å². The molecule has 1 aromatic heterocycles. The highest BCUT2D eigenvalue weighted by Crippen LogP contribution is 2.28. The van der Waals surface area contributed by atoms with E-state index in [4.69, 9.17) is 16.7 Å². The van der Waals surface area contributed by atoms with Gasteiger partial charge >= 0.3 is 5.97 Å². The van der Waals surface area contributed by atoms with E-state index in [2.05, 4.69) is 5.10 Å². The van der Waals surface area contributed by atoms with Crippen LogP contribution < -0.4 is 0 Å². The number of carbonyl (C=O) groups is 2. The average Bonchev–Trinajstić information content (AvgIpc) is 2.74. The molecular weight excluding hydrogens is 294 g/mol. The van der Waals surface area contributed by atoms with Crippen molar-refractivity contribution in [3.63, 3.8) is 0 Å². The van der Waals surface area contributed by atoms with Gasteiger partial charge in [-0.3, -0.25) is 14.3 Å². The van der Waals surface area contributed by atoms with E-state index in [9.17, 15) is 9.59 Å². The van der Waals surface area contributed by atoms with Crippen LogP contribution in [-0.4, -0.2) is 44.8 Å². The average molecular weight is 314 g/mol. The maximum atomic E-state index is 12.7. The number of likely N-dealkylation sites (tertiary alicyclic amines) is 1. The van der Waals surface area contributed by atoms with E-state index in [1.807, 2.05) is 13.8 Å². The number of amides is 1. The molecule has 0 saturated carbocycles. The van der Waals surface area contributed by atoms with Crippen molar-refractivity contribution in [3.05, 3.63) is 16.4 Å². The number of aryl methyl sites for hydroxylation is 1. The van der Waals surface area contributed by atoms with Crippen LogP contribution in [0.1, 0.15) is 48.7 Å². The van der Waals surface area contributed by atoms with Crippen LogP contribution in [-0.2, 0) is 11.8 Å². The van der Waals surface area contributed by atoms with Gasteiger partial charge in [-0.1, -0.05) is 25.4 Å². The molecule has 1 atom stereocenters. The van der Waals surface area contributed by atoms with Crippen molar-refractivity contribution >= 4 is 23.5 Å². The highest BCUT2D eigenvalue weighted by Gasteiger charge is 2.32. The van der Waals surface area contributed by atoms with Crippen molar-refractivity contribution < 1.29 is 14.7 Å². The number of rotatable bonds is 3. The van der Waals surface area contributed by atoms with E-state index in [0.717, 1.165) is 0 Å². The first-order valence-electron chi connectivity index (χ1n) is 7.07. The molecule has 0 bridgehead atoms. The van der Waals surface area contributed by atoms with Gasteiger partial charge in [0.1, 0.15) is 5.15 Å². The van der Waals surface area contributed by atoms with Crippen LogP contribution in [0.4, 0.5) is 0 Å². The van der Waals surface area contributed by atoms with E-state index in [1.165, 1.54) is 4.68 Å². The largest absolute Gasteiger partial charge is 0.481 e. The Balaban J connectivity index is 2.30. The summed E-state index contributed by atoms with van der Waals surface area (Å²) in [6.07, 6.45) is 1.30. The molecule has 1 aromatic rings. The van der Waals surface area contributed by atoms with Crippen LogP contribution in [0, 0.1) is 5.92 Å². The van der Waals surface area contributed by atoms with E-state index in [0.29, 0.717) is 35.8 Å². The Bertz CT molecular complexity index is 568. The van der Waals surface area contributed by atoms with Crippen molar-refractivity contribution in [2.75, 3.05) is 13.1 Å². The Labute approximate surface area is 128 Å². The fourth-order valence-electron chi connectivity index (χ4n) is 2.65. The van der Waals surface area contributed by atoms with E-state index in [-0.39, 0.29) is 18.4 Å². The summed E-state index contributed by atoms with van der Waals surface area (Å²) < 4.78 is 1.49. The van der Waals surface area contributed by atoms with Crippen molar-refractivity contribution in [2.45, 2.75) is 32.6 Å². The van der Waals surface area contributed by atoms with Crippen LogP contribution >= 0.6 is 11.6 Å². The first-order valence-corrected chi connectivity index (χ1v) is 7.45. The number of aromatic nitrogens is 2. The van der Waals surface area contributed by atoms with Gasteiger partial charge in [-0.15, -0.1) is 0 Å². The molecule has 1 fully saturated rings. The number of carboxylic acid groups (broad SMARTS) is 1. The maximum absolute atomic E-state index is 12.7. The minimum atomic E-state index is -0.853. The molecule has 0 unspecified atom stereocenters. The third-order valence-electron chi connectivity index (χ3n) is 3.82. The Morgan fingerprint density at radius 1 is 1.43 bits per heavy atom. The summed E-state index contributed by atoms with van der Waals surface area (Å²) >= 11 is 6.21. The van der Waals surface area contributed by atoms with Gasteiger partial charge in [-0.05, 0) is 18.8 Å². The quantitative estimate of drug-likeness (QED) is 0.927.